The molecule has 1 aliphatic heterocycles. The minimum atomic E-state index is -0.0465. The van der Waals surface area contributed by atoms with Crippen LogP contribution in [0, 0.1) is 5.92 Å². The minimum Gasteiger partial charge on any atom is -0.355 e. The molecule has 0 spiro atoms. The quantitative estimate of drug-likeness (QED) is 0.719. The van der Waals surface area contributed by atoms with Crippen LogP contribution in [-0.4, -0.2) is 17.4 Å². The Morgan fingerprint density at radius 2 is 1.60 bits per heavy atom. The van der Waals surface area contributed by atoms with Crippen molar-refractivity contribution in [2.75, 3.05) is 0 Å². The summed E-state index contributed by atoms with van der Waals surface area (Å²) in [5, 5.41) is 3.67. The molecule has 2 aliphatic rings. The Morgan fingerprint density at radius 3 is 2.07 bits per heavy atom. The van der Waals surface area contributed by atoms with Gasteiger partial charge in [-0.15, -0.1) is 0 Å². The highest BCUT2D eigenvalue weighted by molar-refractivity contribution is 5.02. The molecule has 0 amide bonds. The van der Waals surface area contributed by atoms with Crippen LogP contribution < -0.4 is 5.32 Å². The van der Waals surface area contributed by atoms with Crippen molar-refractivity contribution in [1.82, 2.24) is 5.32 Å². The first-order valence-electron chi connectivity index (χ1n) is 6.38. The predicted octanol–water partition coefficient (Wildman–Crippen LogP) is 3.07. The van der Waals surface area contributed by atoms with E-state index in [1.54, 1.807) is 0 Å². The highest BCUT2D eigenvalue weighted by atomic mass is 16.5. The van der Waals surface area contributed by atoms with Gasteiger partial charge >= 0.3 is 0 Å². The molecule has 0 bridgehead atoms. The van der Waals surface area contributed by atoms with E-state index >= 15 is 0 Å². The summed E-state index contributed by atoms with van der Waals surface area (Å²) in [7, 11) is 0. The second kappa shape index (κ2) is 3.74. The van der Waals surface area contributed by atoms with Crippen LogP contribution in [0.3, 0.4) is 0 Å². The maximum Gasteiger partial charge on any atom is 0.112 e. The van der Waals surface area contributed by atoms with Gasteiger partial charge in [0.15, 0.2) is 0 Å². The molecule has 0 aromatic rings. The second-order valence-corrected chi connectivity index (χ2v) is 6.22. The van der Waals surface area contributed by atoms with E-state index in [4.69, 9.17) is 4.74 Å². The van der Waals surface area contributed by atoms with E-state index in [9.17, 15) is 0 Å². The van der Waals surface area contributed by atoms with Gasteiger partial charge in [0.25, 0.3) is 0 Å². The minimum absolute atomic E-state index is 0.0465. The molecule has 2 nitrogen and oxygen atoms in total. The predicted molar refractivity (Wildman–Crippen MR) is 62.7 cm³/mol. The maximum absolute atomic E-state index is 6.19. The van der Waals surface area contributed by atoms with E-state index in [2.05, 4.69) is 33.0 Å². The lowest BCUT2D eigenvalue weighted by Crippen LogP contribution is -2.49. The molecule has 1 heterocycles. The largest absolute Gasteiger partial charge is 0.355 e. The first-order chi connectivity index (χ1) is 6.92. The highest BCUT2D eigenvalue weighted by Crippen LogP contribution is 2.38. The van der Waals surface area contributed by atoms with Gasteiger partial charge < -0.3 is 4.74 Å². The molecule has 1 saturated carbocycles. The zero-order valence-electron chi connectivity index (χ0n) is 10.6. The van der Waals surface area contributed by atoms with Gasteiger partial charge in [-0.1, -0.05) is 19.3 Å². The summed E-state index contributed by atoms with van der Waals surface area (Å²) >= 11 is 0. The third kappa shape index (κ3) is 2.07. The van der Waals surface area contributed by atoms with E-state index in [-0.39, 0.29) is 17.4 Å². The van der Waals surface area contributed by atoms with Crippen molar-refractivity contribution in [2.45, 2.75) is 77.2 Å². The molecule has 2 rings (SSSR count). The fourth-order valence-electron chi connectivity index (χ4n) is 2.67. The van der Waals surface area contributed by atoms with E-state index in [1.807, 2.05) is 0 Å². The van der Waals surface area contributed by atoms with Gasteiger partial charge in [-0.2, -0.15) is 0 Å². The Balaban J connectivity index is 2.02. The summed E-state index contributed by atoms with van der Waals surface area (Å²) in [5.41, 5.74) is 0.0459. The van der Waals surface area contributed by atoms with Crippen molar-refractivity contribution in [3.05, 3.63) is 0 Å². The van der Waals surface area contributed by atoms with Gasteiger partial charge in [-0.25, -0.2) is 0 Å². The van der Waals surface area contributed by atoms with Gasteiger partial charge in [0.2, 0.25) is 0 Å². The summed E-state index contributed by atoms with van der Waals surface area (Å²) in [4.78, 5) is 0. The van der Waals surface area contributed by atoms with Crippen molar-refractivity contribution in [3.63, 3.8) is 0 Å². The monoisotopic (exact) mass is 211 g/mol. The number of rotatable bonds is 1. The van der Waals surface area contributed by atoms with Crippen molar-refractivity contribution in [3.8, 4) is 0 Å². The Hall–Kier alpha value is -0.0800. The van der Waals surface area contributed by atoms with Crippen molar-refractivity contribution in [2.24, 2.45) is 5.92 Å². The average molecular weight is 211 g/mol. The molecule has 1 unspecified atom stereocenters. The van der Waals surface area contributed by atoms with Crippen LogP contribution >= 0.6 is 0 Å². The Morgan fingerprint density at radius 1 is 1.00 bits per heavy atom. The summed E-state index contributed by atoms with van der Waals surface area (Å²) in [6.45, 7) is 8.89. The summed E-state index contributed by atoms with van der Waals surface area (Å²) in [6.07, 6.45) is 7.14. The van der Waals surface area contributed by atoms with Crippen LogP contribution in [0.2, 0.25) is 0 Å². The first-order valence-corrected chi connectivity index (χ1v) is 6.38. The Labute approximate surface area is 93.8 Å². The lowest BCUT2D eigenvalue weighted by atomic mass is 9.86. The zero-order chi connectivity index (χ0) is 11.1. The molecular weight excluding hydrogens is 186 g/mol. The molecule has 1 aliphatic carbocycles. The summed E-state index contributed by atoms with van der Waals surface area (Å²) < 4.78 is 6.19. The third-order valence-corrected chi connectivity index (χ3v) is 4.51. The number of hydrogen-bond acceptors (Lipinski definition) is 2. The molecular formula is C13H25NO. The smallest absolute Gasteiger partial charge is 0.112 e. The van der Waals surface area contributed by atoms with Crippen molar-refractivity contribution in [1.29, 1.82) is 0 Å². The third-order valence-electron chi connectivity index (χ3n) is 4.51. The number of ether oxygens (including phenoxy) is 1. The molecule has 0 aromatic heterocycles. The SMILES string of the molecule is CC1(C)NC(C2CCCCC2)OC1(C)C. The van der Waals surface area contributed by atoms with Crippen molar-refractivity contribution >= 4 is 0 Å². The average Bonchev–Trinajstić information content (AvgIpc) is 2.38. The summed E-state index contributed by atoms with van der Waals surface area (Å²) in [6, 6.07) is 0. The molecule has 2 heteroatoms. The summed E-state index contributed by atoms with van der Waals surface area (Å²) in [5.74, 6) is 0.736. The molecule has 15 heavy (non-hydrogen) atoms. The van der Waals surface area contributed by atoms with E-state index in [1.165, 1.54) is 32.1 Å². The van der Waals surface area contributed by atoms with Crippen LogP contribution in [0.15, 0.2) is 0 Å². The first kappa shape index (κ1) is 11.4. The molecule has 0 radical (unpaired) electrons. The number of hydrogen-bond donors (Lipinski definition) is 1. The zero-order valence-corrected chi connectivity index (χ0v) is 10.6. The van der Waals surface area contributed by atoms with Gasteiger partial charge in [-0.3, -0.25) is 5.32 Å². The normalized spacial score (nSPS) is 35.6. The molecule has 1 N–H and O–H groups in total. The highest BCUT2D eigenvalue weighted by Gasteiger charge is 2.49. The Bertz CT molecular complexity index is 213. The van der Waals surface area contributed by atoms with Crippen LogP contribution in [0.4, 0.5) is 0 Å². The van der Waals surface area contributed by atoms with Crippen LogP contribution in [0.5, 0.6) is 0 Å². The van der Waals surface area contributed by atoms with E-state index < -0.39 is 0 Å². The van der Waals surface area contributed by atoms with Gasteiger partial charge in [0, 0.05) is 5.54 Å². The van der Waals surface area contributed by atoms with Gasteiger partial charge in [-0.05, 0) is 46.5 Å². The van der Waals surface area contributed by atoms with Crippen LogP contribution in [0.1, 0.15) is 59.8 Å². The van der Waals surface area contributed by atoms with Gasteiger partial charge in [0.1, 0.15) is 6.23 Å². The fraction of sp³-hybridized carbons (Fsp3) is 1.00. The molecule has 0 aromatic carbocycles. The topological polar surface area (TPSA) is 21.3 Å². The van der Waals surface area contributed by atoms with Crippen LogP contribution in [0.25, 0.3) is 0 Å². The maximum atomic E-state index is 6.19. The van der Waals surface area contributed by atoms with Crippen molar-refractivity contribution < 1.29 is 4.74 Å². The molecule has 1 atom stereocenters. The molecule has 1 saturated heterocycles. The van der Waals surface area contributed by atoms with Gasteiger partial charge in [0.05, 0.1) is 5.60 Å². The van der Waals surface area contributed by atoms with Crippen LogP contribution in [-0.2, 0) is 4.74 Å². The second-order valence-electron chi connectivity index (χ2n) is 6.22. The lowest BCUT2D eigenvalue weighted by molar-refractivity contribution is -0.0615. The fourth-order valence-corrected chi connectivity index (χ4v) is 2.67. The number of nitrogens with one attached hydrogen (secondary N) is 1. The van der Waals surface area contributed by atoms with E-state index in [0.717, 1.165) is 5.92 Å². The molecule has 88 valence electrons. The lowest BCUT2D eigenvalue weighted by Gasteiger charge is -2.32. The van der Waals surface area contributed by atoms with E-state index in [0.29, 0.717) is 0 Å². The standard InChI is InChI=1S/C13H25NO/c1-12(2)13(3,4)15-11(14-12)10-8-6-5-7-9-10/h10-11,14H,5-9H2,1-4H3. The molecule has 2 fully saturated rings. The Kier molecular flexibility index (Phi) is 2.85.